The average Bonchev–Trinajstić information content (AvgIpc) is 2.40. The molecule has 0 bridgehead atoms. The van der Waals surface area contributed by atoms with E-state index < -0.39 is 0 Å². The Hall–Kier alpha value is -0.490. The van der Waals surface area contributed by atoms with Gasteiger partial charge in [0.25, 0.3) is 0 Å². The molecule has 0 spiro atoms. The van der Waals surface area contributed by atoms with Gasteiger partial charge in [0.05, 0.1) is 25.9 Å². The van der Waals surface area contributed by atoms with E-state index in [0.29, 0.717) is 25.4 Å². The van der Waals surface area contributed by atoms with E-state index in [-0.39, 0.29) is 18.0 Å². The summed E-state index contributed by atoms with van der Waals surface area (Å²) in [6.07, 6.45) is -0.150. The topological polar surface area (TPSA) is 30.5 Å². The number of likely N-dealkylation sites (N-methyl/N-ethyl adjacent to an activating group) is 1. The second-order valence-electron chi connectivity index (χ2n) is 4.19. The minimum Gasteiger partial charge on any atom is -0.376 e. The van der Waals surface area contributed by atoms with Crippen molar-refractivity contribution in [2.75, 3.05) is 26.4 Å². The molecule has 1 aliphatic heterocycles. The van der Waals surface area contributed by atoms with E-state index >= 15 is 0 Å². The lowest BCUT2D eigenvalue weighted by atomic mass is 10.0. The summed E-state index contributed by atoms with van der Waals surface area (Å²) < 4.78 is 25.9. The Morgan fingerprint density at radius 2 is 2.33 bits per heavy atom. The number of ether oxygens (including phenoxy) is 2. The van der Waals surface area contributed by atoms with Crippen molar-refractivity contribution in [2.45, 2.75) is 19.1 Å². The first-order chi connectivity index (χ1) is 8.72. The average molecular weight is 318 g/mol. The quantitative estimate of drug-likeness (QED) is 0.926. The molecule has 0 saturated carbocycles. The molecule has 1 heterocycles. The lowest BCUT2D eigenvalue weighted by molar-refractivity contribution is -0.102. The van der Waals surface area contributed by atoms with Crippen molar-refractivity contribution in [1.29, 1.82) is 0 Å². The van der Waals surface area contributed by atoms with Gasteiger partial charge in [-0.2, -0.15) is 0 Å². The van der Waals surface area contributed by atoms with Gasteiger partial charge in [-0.1, -0.05) is 22.9 Å². The predicted molar refractivity (Wildman–Crippen MR) is 71.1 cm³/mol. The Labute approximate surface area is 115 Å². The van der Waals surface area contributed by atoms with E-state index in [9.17, 15) is 4.39 Å². The zero-order valence-electron chi connectivity index (χ0n) is 10.3. The van der Waals surface area contributed by atoms with E-state index in [1.165, 1.54) is 6.07 Å². The zero-order chi connectivity index (χ0) is 13.0. The van der Waals surface area contributed by atoms with Gasteiger partial charge in [0.2, 0.25) is 0 Å². The molecule has 1 aliphatic rings. The first-order valence-corrected chi connectivity index (χ1v) is 6.89. The van der Waals surface area contributed by atoms with Gasteiger partial charge in [-0.25, -0.2) is 4.39 Å². The minimum atomic E-state index is -0.224. The molecule has 18 heavy (non-hydrogen) atoms. The first-order valence-electron chi connectivity index (χ1n) is 6.10. The van der Waals surface area contributed by atoms with Gasteiger partial charge in [-0.15, -0.1) is 0 Å². The van der Waals surface area contributed by atoms with Crippen LogP contribution in [0.3, 0.4) is 0 Å². The molecule has 5 heteroatoms. The van der Waals surface area contributed by atoms with E-state index in [4.69, 9.17) is 9.47 Å². The fourth-order valence-corrected chi connectivity index (χ4v) is 2.49. The molecule has 2 atom stereocenters. The Bertz CT molecular complexity index is 397. The lowest BCUT2D eigenvalue weighted by Crippen LogP contribution is -2.41. The number of halogens is 2. The fraction of sp³-hybridized carbons (Fsp3) is 0.538. The van der Waals surface area contributed by atoms with Crippen LogP contribution in [0.1, 0.15) is 18.5 Å². The van der Waals surface area contributed by atoms with Crippen LogP contribution in [0.4, 0.5) is 4.39 Å². The molecule has 1 fully saturated rings. The molecule has 1 aromatic carbocycles. The van der Waals surface area contributed by atoms with Crippen LogP contribution in [0.15, 0.2) is 22.7 Å². The SMILES string of the molecule is CCNC(c1cc(Br)ccc1F)C1COCCO1. The third-order valence-electron chi connectivity index (χ3n) is 2.93. The molecule has 1 N–H and O–H groups in total. The molecule has 0 aliphatic carbocycles. The largest absolute Gasteiger partial charge is 0.376 e. The Morgan fingerprint density at radius 3 is 3.00 bits per heavy atom. The monoisotopic (exact) mass is 317 g/mol. The van der Waals surface area contributed by atoms with Crippen molar-refractivity contribution in [2.24, 2.45) is 0 Å². The van der Waals surface area contributed by atoms with Gasteiger partial charge in [0.15, 0.2) is 0 Å². The maximum atomic E-state index is 13.9. The summed E-state index contributed by atoms with van der Waals surface area (Å²) in [5.74, 6) is -0.224. The smallest absolute Gasteiger partial charge is 0.128 e. The van der Waals surface area contributed by atoms with Crippen molar-refractivity contribution in [3.8, 4) is 0 Å². The third kappa shape index (κ3) is 3.29. The maximum Gasteiger partial charge on any atom is 0.128 e. The molecular weight excluding hydrogens is 301 g/mol. The van der Waals surface area contributed by atoms with Gasteiger partial charge in [-0.3, -0.25) is 0 Å². The first kappa shape index (κ1) is 13.9. The van der Waals surface area contributed by atoms with Gasteiger partial charge < -0.3 is 14.8 Å². The minimum absolute atomic E-state index is 0.150. The second-order valence-corrected chi connectivity index (χ2v) is 5.10. The molecule has 1 aromatic rings. The molecule has 100 valence electrons. The van der Waals surface area contributed by atoms with Crippen LogP contribution in [0, 0.1) is 5.82 Å². The molecule has 2 rings (SSSR count). The normalized spacial score (nSPS) is 21.8. The van der Waals surface area contributed by atoms with E-state index in [2.05, 4.69) is 21.2 Å². The van der Waals surface area contributed by atoms with E-state index in [1.807, 2.05) is 6.92 Å². The highest BCUT2D eigenvalue weighted by atomic mass is 79.9. The lowest BCUT2D eigenvalue weighted by Gasteiger charge is -2.31. The molecule has 0 amide bonds. The number of nitrogens with one attached hydrogen (secondary N) is 1. The summed E-state index contributed by atoms with van der Waals surface area (Å²) in [6.45, 7) is 4.39. The highest BCUT2D eigenvalue weighted by Gasteiger charge is 2.28. The second kappa shape index (κ2) is 6.61. The predicted octanol–water partition coefficient (Wildman–Crippen LogP) is 2.65. The summed E-state index contributed by atoms with van der Waals surface area (Å²) in [5, 5.41) is 3.27. The third-order valence-corrected chi connectivity index (χ3v) is 3.42. The highest BCUT2D eigenvalue weighted by Crippen LogP contribution is 2.26. The molecule has 3 nitrogen and oxygen atoms in total. The summed E-state index contributed by atoms with van der Waals surface area (Å²) >= 11 is 3.37. The summed E-state index contributed by atoms with van der Waals surface area (Å²) in [7, 11) is 0. The summed E-state index contributed by atoms with van der Waals surface area (Å²) in [6, 6.07) is 4.77. The molecular formula is C13H17BrFNO2. The zero-order valence-corrected chi connectivity index (χ0v) is 11.9. The van der Waals surface area contributed by atoms with Crippen molar-refractivity contribution >= 4 is 15.9 Å². The molecule has 0 aromatic heterocycles. The van der Waals surface area contributed by atoms with Crippen molar-refractivity contribution in [3.05, 3.63) is 34.1 Å². The summed E-state index contributed by atoms with van der Waals surface area (Å²) in [4.78, 5) is 0. The van der Waals surface area contributed by atoms with Crippen LogP contribution in [-0.2, 0) is 9.47 Å². The van der Waals surface area contributed by atoms with Gasteiger partial charge in [0, 0.05) is 10.0 Å². The Balaban J connectivity index is 2.24. The van der Waals surface area contributed by atoms with Crippen LogP contribution in [0.5, 0.6) is 0 Å². The highest BCUT2D eigenvalue weighted by molar-refractivity contribution is 9.10. The van der Waals surface area contributed by atoms with E-state index in [0.717, 1.165) is 11.0 Å². The summed E-state index contributed by atoms with van der Waals surface area (Å²) in [5.41, 5.74) is 0.613. The van der Waals surface area contributed by atoms with Crippen molar-refractivity contribution in [1.82, 2.24) is 5.32 Å². The van der Waals surface area contributed by atoms with Crippen LogP contribution in [0.25, 0.3) is 0 Å². The number of benzene rings is 1. The maximum absolute atomic E-state index is 13.9. The van der Waals surface area contributed by atoms with Gasteiger partial charge >= 0.3 is 0 Å². The van der Waals surface area contributed by atoms with Crippen LogP contribution >= 0.6 is 15.9 Å². The van der Waals surface area contributed by atoms with Crippen molar-refractivity contribution < 1.29 is 13.9 Å². The van der Waals surface area contributed by atoms with E-state index in [1.54, 1.807) is 12.1 Å². The van der Waals surface area contributed by atoms with Gasteiger partial charge in [-0.05, 0) is 24.7 Å². The fourth-order valence-electron chi connectivity index (χ4n) is 2.11. The van der Waals surface area contributed by atoms with Crippen LogP contribution in [-0.4, -0.2) is 32.5 Å². The number of hydrogen-bond acceptors (Lipinski definition) is 3. The molecule has 1 saturated heterocycles. The Morgan fingerprint density at radius 1 is 1.50 bits per heavy atom. The number of rotatable bonds is 4. The van der Waals surface area contributed by atoms with Gasteiger partial charge in [0.1, 0.15) is 11.9 Å². The molecule has 2 unspecified atom stereocenters. The van der Waals surface area contributed by atoms with Crippen LogP contribution in [0.2, 0.25) is 0 Å². The number of hydrogen-bond donors (Lipinski definition) is 1. The standard InChI is InChI=1S/C13H17BrFNO2/c1-2-16-13(12-8-17-5-6-18-12)10-7-9(14)3-4-11(10)15/h3-4,7,12-13,16H,2,5-6,8H2,1H3. The van der Waals surface area contributed by atoms with Crippen LogP contribution < -0.4 is 5.32 Å². The Kier molecular flexibility index (Phi) is 5.12. The molecule has 0 radical (unpaired) electrons. The van der Waals surface area contributed by atoms with Crippen molar-refractivity contribution in [3.63, 3.8) is 0 Å².